The second-order valence-electron chi connectivity index (χ2n) is 7.03. The molecular formula is C21H28N6O2. The largest absolute Gasteiger partial charge is 0.382 e. The highest BCUT2D eigenvalue weighted by Crippen LogP contribution is 2.22. The van der Waals surface area contributed by atoms with Crippen molar-refractivity contribution in [1.82, 2.24) is 24.4 Å². The lowest BCUT2D eigenvalue weighted by Gasteiger charge is -2.17. The third-order valence-corrected chi connectivity index (χ3v) is 4.73. The minimum absolute atomic E-state index is 0.0639. The SMILES string of the molecule is CCCc1nc2c(N)nc(C)cc2n1CCOCCN(C)C(=O)c1cccnc1. The number of aryl methyl sites for hydroxylation is 2. The Morgan fingerprint density at radius 3 is 2.86 bits per heavy atom. The molecule has 0 aromatic carbocycles. The summed E-state index contributed by atoms with van der Waals surface area (Å²) in [6.45, 7) is 6.23. The summed E-state index contributed by atoms with van der Waals surface area (Å²) in [6.07, 6.45) is 5.09. The maximum absolute atomic E-state index is 12.3. The molecule has 0 unspecified atom stereocenters. The van der Waals surface area contributed by atoms with Gasteiger partial charge in [0.15, 0.2) is 5.82 Å². The minimum Gasteiger partial charge on any atom is -0.382 e. The first-order valence-corrected chi connectivity index (χ1v) is 9.86. The van der Waals surface area contributed by atoms with Gasteiger partial charge in [0.05, 0.1) is 24.3 Å². The first kappa shape index (κ1) is 20.7. The normalized spacial score (nSPS) is 11.1. The van der Waals surface area contributed by atoms with Crippen molar-refractivity contribution in [2.45, 2.75) is 33.2 Å². The van der Waals surface area contributed by atoms with Gasteiger partial charge in [-0.15, -0.1) is 0 Å². The Morgan fingerprint density at radius 1 is 1.31 bits per heavy atom. The molecule has 3 rings (SSSR count). The minimum atomic E-state index is -0.0639. The molecule has 1 amide bonds. The van der Waals surface area contributed by atoms with Gasteiger partial charge in [0.2, 0.25) is 0 Å². The maximum Gasteiger partial charge on any atom is 0.255 e. The van der Waals surface area contributed by atoms with Gasteiger partial charge in [0.1, 0.15) is 11.3 Å². The molecule has 2 N–H and O–H groups in total. The molecule has 0 spiro atoms. The van der Waals surface area contributed by atoms with Crippen molar-refractivity contribution >= 4 is 22.8 Å². The van der Waals surface area contributed by atoms with Crippen molar-refractivity contribution in [2.24, 2.45) is 0 Å². The summed E-state index contributed by atoms with van der Waals surface area (Å²) in [5.41, 5.74) is 9.25. The standard InChI is InChI=1S/C21H28N6O2/c1-4-6-18-25-19-17(13-15(2)24-20(19)22)27(18)10-12-29-11-9-26(3)21(28)16-7-5-8-23-14-16/h5,7-8,13-14H,4,6,9-12H2,1-3H3,(H2,22,24). The van der Waals surface area contributed by atoms with Crippen LogP contribution in [0.3, 0.4) is 0 Å². The molecule has 8 heteroatoms. The van der Waals surface area contributed by atoms with Crippen molar-refractivity contribution in [2.75, 3.05) is 32.5 Å². The van der Waals surface area contributed by atoms with E-state index in [2.05, 4.69) is 26.4 Å². The summed E-state index contributed by atoms with van der Waals surface area (Å²) in [5.74, 6) is 1.40. The molecule has 0 aliphatic heterocycles. The van der Waals surface area contributed by atoms with Gasteiger partial charge in [-0.3, -0.25) is 9.78 Å². The van der Waals surface area contributed by atoms with Crippen LogP contribution in [0.1, 0.15) is 35.2 Å². The quantitative estimate of drug-likeness (QED) is 0.558. The van der Waals surface area contributed by atoms with Crippen LogP contribution in [0.5, 0.6) is 0 Å². The summed E-state index contributed by atoms with van der Waals surface area (Å²) in [4.78, 5) is 27.0. The second kappa shape index (κ2) is 9.47. The number of rotatable bonds is 9. The lowest BCUT2D eigenvalue weighted by atomic mass is 10.2. The fourth-order valence-corrected chi connectivity index (χ4v) is 3.26. The first-order valence-electron chi connectivity index (χ1n) is 9.86. The van der Waals surface area contributed by atoms with E-state index in [0.717, 1.165) is 35.4 Å². The van der Waals surface area contributed by atoms with Crippen LogP contribution in [-0.2, 0) is 17.7 Å². The molecule has 0 fully saturated rings. The maximum atomic E-state index is 12.3. The summed E-state index contributed by atoms with van der Waals surface area (Å²) < 4.78 is 7.96. The van der Waals surface area contributed by atoms with Gasteiger partial charge in [-0.2, -0.15) is 0 Å². The number of nitrogen functional groups attached to an aromatic ring is 1. The molecule has 3 aromatic rings. The number of anilines is 1. The number of aromatic nitrogens is 4. The molecule has 0 aliphatic carbocycles. The topological polar surface area (TPSA) is 99.2 Å². The molecule has 29 heavy (non-hydrogen) atoms. The number of carbonyl (C=O) groups excluding carboxylic acids is 1. The van der Waals surface area contributed by atoms with Crippen LogP contribution in [0.15, 0.2) is 30.6 Å². The Balaban J connectivity index is 1.57. The highest BCUT2D eigenvalue weighted by Gasteiger charge is 2.14. The van der Waals surface area contributed by atoms with Crippen LogP contribution < -0.4 is 5.73 Å². The zero-order valence-electron chi connectivity index (χ0n) is 17.3. The molecule has 154 valence electrons. The molecule has 0 saturated carbocycles. The summed E-state index contributed by atoms with van der Waals surface area (Å²) in [6, 6.07) is 5.53. The zero-order valence-corrected chi connectivity index (χ0v) is 17.3. The van der Waals surface area contributed by atoms with Gasteiger partial charge >= 0.3 is 0 Å². The molecule has 0 atom stereocenters. The number of likely N-dealkylation sites (N-methyl/N-ethyl adjacent to an activating group) is 1. The van der Waals surface area contributed by atoms with Gasteiger partial charge < -0.3 is 19.9 Å². The molecule has 0 saturated heterocycles. The Labute approximate surface area is 170 Å². The van der Waals surface area contributed by atoms with E-state index >= 15 is 0 Å². The molecule has 8 nitrogen and oxygen atoms in total. The van der Waals surface area contributed by atoms with Gasteiger partial charge in [-0.1, -0.05) is 6.92 Å². The predicted molar refractivity (Wildman–Crippen MR) is 113 cm³/mol. The number of hydrogen-bond donors (Lipinski definition) is 1. The van der Waals surface area contributed by atoms with Crippen LogP contribution in [0.25, 0.3) is 11.0 Å². The van der Waals surface area contributed by atoms with E-state index in [1.54, 1.807) is 36.5 Å². The van der Waals surface area contributed by atoms with Gasteiger partial charge in [-0.25, -0.2) is 9.97 Å². The van der Waals surface area contributed by atoms with Crippen molar-refractivity contribution in [1.29, 1.82) is 0 Å². The van der Waals surface area contributed by atoms with E-state index in [9.17, 15) is 4.79 Å². The summed E-state index contributed by atoms with van der Waals surface area (Å²) in [7, 11) is 1.76. The number of imidazole rings is 1. The number of amides is 1. The highest BCUT2D eigenvalue weighted by molar-refractivity contribution is 5.93. The van der Waals surface area contributed by atoms with Crippen LogP contribution in [0.2, 0.25) is 0 Å². The van der Waals surface area contributed by atoms with E-state index in [1.807, 2.05) is 13.0 Å². The van der Waals surface area contributed by atoms with Crippen LogP contribution in [0.4, 0.5) is 5.82 Å². The number of ether oxygens (including phenoxy) is 1. The number of pyridine rings is 2. The number of fused-ring (bicyclic) bond motifs is 1. The monoisotopic (exact) mass is 396 g/mol. The van der Waals surface area contributed by atoms with Crippen LogP contribution in [-0.4, -0.2) is 57.1 Å². The highest BCUT2D eigenvalue weighted by atomic mass is 16.5. The van der Waals surface area contributed by atoms with E-state index in [0.29, 0.717) is 37.7 Å². The third-order valence-electron chi connectivity index (χ3n) is 4.73. The molecule has 0 radical (unpaired) electrons. The molecule has 0 aliphatic rings. The number of nitrogens with zero attached hydrogens (tertiary/aromatic N) is 5. The fraction of sp³-hybridized carbons (Fsp3) is 0.429. The van der Waals surface area contributed by atoms with E-state index in [-0.39, 0.29) is 5.91 Å². The average molecular weight is 396 g/mol. The Morgan fingerprint density at radius 2 is 2.14 bits per heavy atom. The molecule has 0 bridgehead atoms. The van der Waals surface area contributed by atoms with Crippen molar-refractivity contribution < 1.29 is 9.53 Å². The number of carbonyl (C=O) groups is 1. The van der Waals surface area contributed by atoms with Crippen molar-refractivity contribution in [3.63, 3.8) is 0 Å². The predicted octanol–water partition coefficient (Wildman–Crippen LogP) is 2.46. The van der Waals surface area contributed by atoms with E-state index in [1.165, 1.54) is 0 Å². The molecule has 3 heterocycles. The first-order chi connectivity index (χ1) is 14.0. The Bertz CT molecular complexity index is 970. The summed E-state index contributed by atoms with van der Waals surface area (Å²) in [5, 5.41) is 0. The fourth-order valence-electron chi connectivity index (χ4n) is 3.26. The zero-order chi connectivity index (χ0) is 20.8. The van der Waals surface area contributed by atoms with Gasteiger partial charge in [0.25, 0.3) is 5.91 Å². The Kier molecular flexibility index (Phi) is 6.77. The van der Waals surface area contributed by atoms with Crippen LogP contribution >= 0.6 is 0 Å². The smallest absolute Gasteiger partial charge is 0.255 e. The average Bonchev–Trinajstić information content (AvgIpc) is 3.05. The van der Waals surface area contributed by atoms with E-state index in [4.69, 9.17) is 10.5 Å². The van der Waals surface area contributed by atoms with Crippen molar-refractivity contribution in [3.05, 3.63) is 47.7 Å². The third kappa shape index (κ3) is 4.89. The summed E-state index contributed by atoms with van der Waals surface area (Å²) >= 11 is 0. The second-order valence-corrected chi connectivity index (χ2v) is 7.03. The lowest BCUT2D eigenvalue weighted by molar-refractivity contribution is 0.0684. The number of nitrogens with two attached hydrogens (primary N) is 1. The van der Waals surface area contributed by atoms with Crippen molar-refractivity contribution in [3.8, 4) is 0 Å². The molecule has 3 aromatic heterocycles. The van der Waals surface area contributed by atoms with Gasteiger partial charge in [0, 0.05) is 44.6 Å². The van der Waals surface area contributed by atoms with Crippen LogP contribution in [0, 0.1) is 6.92 Å². The van der Waals surface area contributed by atoms with Gasteiger partial charge in [-0.05, 0) is 31.5 Å². The number of hydrogen-bond acceptors (Lipinski definition) is 6. The Hall–Kier alpha value is -3.00. The lowest BCUT2D eigenvalue weighted by Crippen LogP contribution is -2.30. The molecular weight excluding hydrogens is 368 g/mol. The van der Waals surface area contributed by atoms with E-state index < -0.39 is 0 Å².